The highest BCUT2D eigenvalue weighted by Gasteiger charge is 2.20. The molecule has 0 saturated heterocycles. The molecule has 2 aromatic carbocycles. The van der Waals surface area contributed by atoms with Crippen molar-refractivity contribution in [1.82, 2.24) is 9.55 Å². The molecule has 30 heavy (non-hydrogen) atoms. The predicted molar refractivity (Wildman–Crippen MR) is 115 cm³/mol. The Bertz CT molecular complexity index is 1280. The Labute approximate surface area is 176 Å². The summed E-state index contributed by atoms with van der Waals surface area (Å²) in [7, 11) is 0. The van der Waals surface area contributed by atoms with Gasteiger partial charge in [0, 0.05) is 10.4 Å². The van der Waals surface area contributed by atoms with Crippen molar-refractivity contribution in [2.24, 2.45) is 0 Å². The van der Waals surface area contributed by atoms with Gasteiger partial charge in [-0.25, -0.2) is 9.37 Å². The quantitative estimate of drug-likeness (QED) is 0.440. The Hall–Kier alpha value is -3.32. The molecule has 2 aromatic heterocycles. The lowest BCUT2D eigenvalue weighted by atomic mass is 10.0. The van der Waals surface area contributed by atoms with Crippen LogP contribution in [0.5, 0.6) is 0 Å². The van der Waals surface area contributed by atoms with Gasteiger partial charge in [-0.1, -0.05) is 42.5 Å². The van der Waals surface area contributed by atoms with Gasteiger partial charge in [0.1, 0.15) is 29.6 Å². The van der Waals surface area contributed by atoms with Crippen LogP contribution in [0.2, 0.25) is 0 Å². The fraction of sp³-hybridized carbons (Fsp3) is 0.174. The number of aromatic nitrogens is 2. The first-order chi connectivity index (χ1) is 14.4. The van der Waals surface area contributed by atoms with E-state index in [4.69, 9.17) is 4.74 Å². The monoisotopic (exact) mass is 422 g/mol. The summed E-state index contributed by atoms with van der Waals surface area (Å²) in [5.74, 6) is -0.417. The highest BCUT2D eigenvalue weighted by Crippen LogP contribution is 2.35. The van der Waals surface area contributed by atoms with Crippen LogP contribution in [-0.2, 0) is 22.7 Å². The third-order valence-corrected chi connectivity index (χ3v) is 5.84. The Morgan fingerprint density at radius 2 is 1.80 bits per heavy atom. The third kappa shape index (κ3) is 3.89. The largest absolute Gasteiger partial charge is 0.459 e. The van der Waals surface area contributed by atoms with Gasteiger partial charge in [0.05, 0.1) is 5.39 Å². The van der Waals surface area contributed by atoms with Crippen molar-refractivity contribution in [3.8, 4) is 11.1 Å². The Balaban J connectivity index is 1.68. The minimum absolute atomic E-state index is 0.140. The third-order valence-electron chi connectivity index (χ3n) is 4.84. The van der Waals surface area contributed by atoms with E-state index in [2.05, 4.69) is 4.98 Å². The summed E-state index contributed by atoms with van der Waals surface area (Å²) in [5, 5.41) is 0.436. The van der Waals surface area contributed by atoms with Gasteiger partial charge in [-0.3, -0.25) is 14.2 Å². The summed E-state index contributed by atoms with van der Waals surface area (Å²) in [4.78, 5) is 31.7. The zero-order valence-electron chi connectivity index (χ0n) is 16.5. The number of fused-ring (bicyclic) bond motifs is 1. The van der Waals surface area contributed by atoms with Crippen LogP contribution < -0.4 is 5.56 Å². The number of hydrogen-bond donors (Lipinski definition) is 0. The highest BCUT2D eigenvalue weighted by atomic mass is 32.1. The minimum Gasteiger partial charge on any atom is -0.459 e. The first-order valence-corrected chi connectivity index (χ1v) is 10.2. The number of aryl methyl sites for hydroxylation is 2. The molecule has 0 saturated carbocycles. The summed E-state index contributed by atoms with van der Waals surface area (Å²) in [6.45, 7) is 3.51. The van der Waals surface area contributed by atoms with Gasteiger partial charge in [-0.05, 0) is 37.1 Å². The van der Waals surface area contributed by atoms with E-state index in [1.807, 2.05) is 37.3 Å². The lowest BCUT2D eigenvalue weighted by Crippen LogP contribution is -2.28. The summed E-state index contributed by atoms with van der Waals surface area (Å²) in [6.07, 6.45) is 0. The molecule has 7 heteroatoms. The van der Waals surface area contributed by atoms with Gasteiger partial charge < -0.3 is 4.74 Å². The van der Waals surface area contributed by atoms with Crippen LogP contribution in [0, 0.1) is 19.7 Å². The fourth-order valence-corrected chi connectivity index (χ4v) is 4.44. The Morgan fingerprint density at radius 3 is 2.50 bits per heavy atom. The van der Waals surface area contributed by atoms with Gasteiger partial charge in [-0.2, -0.15) is 0 Å². The molecule has 5 nitrogen and oxygen atoms in total. The number of halogens is 1. The number of hydrogen-bond acceptors (Lipinski definition) is 5. The van der Waals surface area contributed by atoms with Crippen LogP contribution in [0.4, 0.5) is 4.39 Å². The summed E-state index contributed by atoms with van der Waals surface area (Å²) in [6, 6.07) is 15.3. The zero-order valence-corrected chi connectivity index (χ0v) is 17.3. The first-order valence-electron chi connectivity index (χ1n) is 9.40. The standard InChI is InChI=1S/C23H19FN2O3S/c1-14-20(17-8-10-18(24)11-9-17)21-22(30-14)25-15(2)26(23(21)28)12-19(27)29-13-16-6-4-3-5-7-16/h3-11H,12-13H2,1-2H3. The summed E-state index contributed by atoms with van der Waals surface area (Å²) >= 11 is 1.41. The van der Waals surface area contributed by atoms with Crippen LogP contribution in [-0.4, -0.2) is 15.5 Å². The molecule has 0 spiro atoms. The van der Waals surface area contributed by atoms with Crippen molar-refractivity contribution in [2.45, 2.75) is 27.0 Å². The van der Waals surface area contributed by atoms with Gasteiger partial charge in [0.15, 0.2) is 0 Å². The molecule has 0 amide bonds. The maximum atomic E-state index is 13.4. The first kappa shape index (κ1) is 20.0. The number of benzene rings is 2. The van der Waals surface area contributed by atoms with Gasteiger partial charge in [0.25, 0.3) is 5.56 Å². The SMILES string of the molecule is Cc1sc2nc(C)n(CC(=O)OCc3ccccc3)c(=O)c2c1-c1ccc(F)cc1. The van der Waals surface area contributed by atoms with Crippen molar-refractivity contribution in [1.29, 1.82) is 0 Å². The number of esters is 1. The number of nitrogens with zero attached hydrogens (tertiary/aromatic N) is 2. The maximum Gasteiger partial charge on any atom is 0.326 e. The molecule has 0 aliphatic heterocycles. The lowest BCUT2D eigenvalue weighted by Gasteiger charge is -2.10. The number of ether oxygens (including phenoxy) is 1. The second kappa shape index (κ2) is 8.20. The molecule has 0 aliphatic rings. The van der Waals surface area contributed by atoms with Crippen LogP contribution in [0.15, 0.2) is 59.4 Å². The van der Waals surface area contributed by atoms with E-state index in [0.29, 0.717) is 16.0 Å². The Kier molecular flexibility index (Phi) is 5.46. The smallest absolute Gasteiger partial charge is 0.326 e. The average molecular weight is 422 g/mol. The lowest BCUT2D eigenvalue weighted by molar-refractivity contribution is -0.145. The number of thiophene rings is 1. The van der Waals surface area contributed by atoms with Gasteiger partial charge in [0.2, 0.25) is 0 Å². The molecule has 152 valence electrons. The summed E-state index contributed by atoms with van der Waals surface area (Å²) in [5.41, 5.74) is 2.02. The molecular weight excluding hydrogens is 403 g/mol. The topological polar surface area (TPSA) is 61.2 Å². The van der Waals surface area contributed by atoms with Crippen molar-refractivity contribution in [3.05, 3.63) is 87.0 Å². The van der Waals surface area contributed by atoms with Crippen molar-refractivity contribution >= 4 is 27.5 Å². The zero-order chi connectivity index (χ0) is 21.3. The van der Waals surface area contributed by atoms with Gasteiger partial charge >= 0.3 is 5.97 Å². The van der Waals surface area contributed by atoms with Crippen LogP contribution >= 0.6 is 11.3 Å². The van der Waals surface area contributed by atoms with E-state index in [9.17, 15) is 14.0 Å². The fourth-order valence-electron chi connectivity index (χ4n) is 3.36. The van der Waals surface area contributed by atoms with E-state index in [1.54, 1.807) is 19.1 Å². The normalized spacial score (nSPS) is 11.0. The molecule has 0 fully saturated rings. The van der Waals surface area contributed by atoms with Crippen LogP contribution in [0.3, 0.4) is 0 Å². The second-order valence-corrected chi connectivity index (χ2v) is 8.12. The molecule has 0 radical (unpaired) electrons. The molecule has 4 rings (SSSR count). The highest BCUT2D eigenvalue weighted by molar-refractivity contribution is 7.19. The molecule has 0 unspecified atom stereocenters. The minimum atomic E-state index is -0.513. The molecule has 2 heterocycles. The van der Waals surface area contributed by atoms with E-state index >= 15 is 0 Å². The molecule has 0 N–H and O–H groups in total. The van der Waals surface area contributed by atoms with E-state index in [1.165, 1.54) is 28.0 Å². The maximum absolute atomic E-state index is 13.4. The number of carbonyl (C=O) groups is 1. The van der Waals surface area contributed by atoms with Crippen LogP contribution in [0.1, 0.15) is 16.3 Å². The van der Waals surface area contributed by atoms with E-state index < -0.39 is 5.97 Å². The molecule has 0 bridgehead atoms. The van der Waals surface area contributed by atoms with Crippen molar-refractivity contribution < 1.29 is 13.9 Å². The Morgan fingerprint density at radius 1 is 1.10 bits per heavy atom. The number of carbonyl (C=O) groups excluding carboxylic acids is 1. The average Bonchev–Trinajstić information content (AvgIpc) is 3.06. The summed E-state index contributed by atoms with van der Waals surface area (Å²) < 4.78 is 20.0. The predicted octanol–water partition coefficient (Wildman–Crippen LogP) is 4.62. The molecule has 4 aromatic rings. The molecule has 0 atom stereocenters. The molecular formula is C23H19FN2O3S. The van der Waals surface area contributed by atoms with E-state index in [-0.39, 0.29) is 24.5 Å². The molecule has 0 aliphatic carbocycles. The van der Waals surface area contributed by atoms with Gasteiger partial charge in [-0.15, -0.1) is 11.3 Å². The van der Waals surface area contributed by atoms with Crippen molar-refractivity contribution in [3.63, 3.8) is 0 Å². The van der Waals surface area contributed by atoms with Crippen molar-refractivity contribution in [2.75, 3.05) is 0 Å². The second-order valence-electron chi connectivity index (χ2n) is 6.92. The van der Waals surface area contributed by atoms with E-state index in [0.717, 1.165) is 21.6 Å². The van der Waals surface area contributed by atoms with Crippen LogP contribution in [0.25, 0.3) is 21.3 Å². The number of rotatable bonds is 5.